The Bertz CT molecular complexity index is 1720. The van der Waals surface area contributed by atoms with Crippen molar-refractivity contribution < 1.29 is 37.7 Å². The number of aliphatic hydroxyl groups is 1. The third-order valence-electron chi connectivity index (χ3n) is 8.45. The fraction of sp³-hybridized carbons (Fsp3) is 0.333. The number of ether oxygens (including phenoxy) is 3. The highest BCUT2D eigenvalue weighted by Gasteiger charge is 2.50. The average Bonchev–Trinajstić information content (AvgIpc) is 3.86. The Morgan fingerprint density at radius 3 is 2.61 bits per heavy atom. The van der Waals surface area contributed by atoms with E-state index in [1.54, 1.807) is 49.3 Å². The van der Waals surface area contributed by atoms with Crippen LogP contribution in [0.25, 0.3) is 22.3 Å². The van der Waals surface area contributed by atoms with E-state index in [-0.39, 0.29) is 75.3 Å². The van der Waals surface area contributed by atoms with Crippen molar-refractivity contribution in [2.24, 2.45) is 0 Å². The van der Waals surface area contributed by atoms with Crippen LogP contribution in [0.2, 0.25) is 5.02 Å². The molecule has 0 saturated carbocycles. The predicted molar refractivity (Wildman–Crippen MR) is 167 cm³/mol. The van der Waals surface area contributed by atoms with Crippen LogP contribution in [0.3, 0.4) is 0 Å². The molecule has 0 radical (unpaired) electrons. The normalized spacial score (nSPS) is 22.6. The van der Waals surface area contributed by atoms with Crippen molar-refractivity contribution in [2.45, 2.75) is 37.6 Å². The van der Waals surface area contributed by atoms with Crippen LogP contribution in [0.15, 0.2) is 60.3 Å². The molecule has 0 aliphatic carbocycles. The number of methoxy groups -OCH3 is 1. The SMILES string of the molecule is COc1cc(-c2cccc(-c3cccc(NC(=O)C4=CN(C)C5OC5N(C)C4=O)c3Cl)c2F)cc(F)c1CN[C@@H]1CCOC[C@@H]1O. The van der Waals surface area contributed by atoms with Crippen LogP contribution in [-0.2, 0) is 25.6 Å². The lowest BCUT2D eigenvalue weighted by Gasteiger charge is -2.29. The minimum absolute atomic E-state index is 0.0574. The number of fused-ring (bicyclic) bond motifs is 1. The van der Waals surface area contributed by atoms with Crippen molar-refractivity contribution >= 4 is 29.1 Å². The number of epoxide rings is 1. The van der Waals surface area contributed by atoms with Crippen molar-refractivity contribution in [1.82, 2.24) is 15.1 Å². The van der Waals surface area contributed by atoms with Gasteiger partial charge >= 0.3 is 0 Å². The highest BCUT2D eigenvalue weighted by Crippen LogP contribution is 2.40. The van der Waals surface area contributed by atoms with Gasteiger partial charge < -0.3 is 39.8 Å². The summed E-state index contributed by atoms with van der Waals surface area (Å²) in [6.07, 6.45) is 0.533. The summed E-state index contributed by atoms with van der Waals surface area (Å²) in [5, 5.41) is 16.1. The van der Waals surface area contributed by atoms with Gasteiger partial charge in [-0.2, -0.15) is 0 Å². The largest absolute Gasteiger partial charge is 0.496 e. The number of amides is 2. The molecule has 3 aliphatic heterocycles. The molecule has 3 aromatic carbocycles. The number of nitrogens with zero attached hydrogens (tertiary/aromatic N) is 2. The molecular formula is C33H33ClF2N4O6. The second-order valence-electron chi connectivity index (χ2n) is 11.4. The molecule has 0 aromatic heterocycles. The summed E-state index contributed by atoms with van der Waals surface area (Å²) in [7, 11) is 4.67. The number of anilines is 1. The summed E-state index contributed by atoms with van der Waals surface area (Å²) in [6.45, 7) is 0.790. The van der Waals surface area contributed by atoms with Crippen molar-refractivity contribution in [3.63, 3.8) is 0 Å². The van der Waals surface area contributed by atoms with Crippen molar-refractivity contribution in [3.05, 3.63) is 82.5 Å². The summed E-state index contributed by atoms with van der Waals surface area (Å²) < 4.78 is 47.9. The number of likely N-dealkylation sites (N-methyl/N-ethyl adjacent to an activating group) is 2. The molecule has 6 rings (SSSR count). The Labute approximate surface area is 269 Å². The minimum atomic E-state index is -0.710. The molecule has 242 valence electrons. The Balaban J connectivity index is 1.26. The second kappa shape index (κ2) is 13.0. The first-order chi connectivity index (χ1) is 22.1. The molecule has 4 atom stereocenters. The predicted octanol–water partition coefficient (Wildman–Crippen LogP) is 4.11. The maximum atomic E-state index is 16.2. The van der Waals surface area contributed by atoms with Crippen LogP contribution in [-0.4, -0.2) is 85.7 Å². The number of carbonyl (C=O) groups excluding carboxylic acids is 2. The topological polar surface area (TPSA) is 116 Å². The molecule has 3 heterocycles. The van der Waals surface area contributed by atoms with Gasteiger partial charge in [-0.25, -0.2) is 8.78 Å². The van der Waals surface area contributed by atoms with Gasteiger partial charge in [0.05, 0.1) is 30.5 Å². The third kappa shape index (κ3) is 6.06. The molecule has 10 nitrogen and oxygen atoms in total. The van der Waals surface area contributed by atoms with Crippen LogP contribution in [0.4, 0.5) is 14.5 Å². The summed E-state index contributed by atoms with van der Waals surface area (Å²) >= 11 is 6.72. The average molecular weight is 655 g/mol. The number of nitrogens with one attached hydrogen (secondary N) is 2. The molecule has 3 aliphatic rings. The zero-order valence-corrected chi connectivity index (χ0v) is 26.1. The number of hydrogen-bond donors (Lipinski definition) is 3. The van der Waals surface area contributed by atoms with E-state index in [2.05, 4.69) is 10.6 Å². The standard InChI is InChI=1S/C33H33ClF2N4O6/c1-39-15-22(31(43)40(2)33-32(39)46-33)30(42)38-25-9-5-7-19(28(25)34)20-8-4-6-18(29(20)36)17-12-23(35)21(27(13-17)44-3)14-37-24-10-11-45-16-26(24)41/h4-9,12-13,15,24,26,32-33,37,41H,10-11,14,16H2,1-3H3,(H,38,42)/t24-,26+,32?,33?/m1/s1. The van der Waals surface area contributed by atoms with E-state index < -0.39 is 35.8 Å². The summed E-state index contributed by atoms with van der Waals surface area (Å²) in [5.41, 5.74) is 1.09. The minimum Gasteiger partial charge on any atom is -0.496 e. The molecule has 3 N–H and O–H groups in total. The smallest absolute Gasteiger partial charge is 0.262 e. The third-order valence-corrected chi connectivity index (χ3v) is 8.85. The molecule has 0 bridgehead atoms. The van der Waals surface area contributed by atoms with E-state index in [4.69, 9.17) is 25.8 Å². The first-order valence-electron chi connectivity index (χ1n) is 14.7. The first kappa shape index (κ1) is 31.9. The molecule has 46 heavy (non-hydrogen) atoms. The number of aliphatic hydroxyl groups excluding tert-OH is 1. The van der Waals surface area contributed by atoms with E-state index in [0.717, 1.165) is 0 Å². The molecule has 2 unspecified atom stereocenters. The molecular weight excluding hydrogens is 622 g/mol. The maximum Gasteiger partial charge on any atom is 0.262 e. The van der Waals surface area contributed by atoms with Crippen molar-refractivity contribution in [1.29, 1.82) is 0 Å². The number of benzene rings is 3. The lowest BCUT2D eigenvalue weighted by atomic mass is 9.96. The van der Waals surface area contributed by atoms with E-state index in [0.29, 0.717) is 13.0 Å². The van der Waals surface area contributed by atoms with E-state index in [1.165, 1.54) is 36.4 Å². The van der Waals surface area contributed by atoms with Gasteiger partial charge in [0.25, 0.3) is 11.8 Å². The Kier molecular flexibility index (Phi) is 8.99. The first-order valence-corrected chi connectivity index (χ1v) is 15.1. The number of hydrogen-bond acceptors (Lipinski definition) is 8. The van der Waals surface area contributed by atoms with Crippen LogP contribution < -0.4 is 15.4 Å². The number of halogens is 3. The fourth-order valence-electron chi connectivity index (χ4n) is 5.77. The Morgan fingerprint density at radius 1 is 1.11 bits per heavy atom. The molecule has 2 amide bonds. The highest BCUT2D eigenvalue weighted by atomic mass is 35.5. The lowest BCUT2D eigenvalue weighted by molar-refractivity contribution is -0.129. The van der Waals surface area contributed by atoms with Crippen LogP contribution >= 0.6 is 11.6 Å². The maximum absolute atomic E-state index is 16.2. The monoisotopic (exact) mass is 654 g/mol. The number of carbonyl (C=O) groups is 2. The summed E-state index contributed by atoms with van der Waals surface area (Å²) in [6, 6.07) is 12.0. The van der Waals surface area contributed by atoms with Crippen molar-refractivity contribution in [2.75, 3.05) is 39.7 Å². The van der Waals surface area contributed by atoms with Gasteiger partial charge in [-0.15, -0.1) is 0 Å². The van der Waals surface area contributed by atoms with Crippen LogP contribution in [0.5, 0.6) is 5.75 Å². The highest BCUT2D eigenvalue weighted by molar-refractivity contribution is 6.37. The fourth-order valence-corrected chi connectivity index (χ4v) is 6.05. The molecule has 2 saturated heterocycles. The Morgan fingerprint density at radius 2 is 1.85 bits per heavy atom. The van der Waals surface area contributed by atoms with Gasteiger partial charge in [0.2, 0.25) is 0 Å². The molecule has 13 heteroatoms. The molecule has 0 spiro atoms. The van der Waals surface area contributed by atoms with Gasteiger partial charge in [-0.3, -0.25) is 9.59 Å². The second-order valence-corrected chi connectivity index (χ2v) is 11.8. The zero-order valence-electron chi connectivity index (χ0n) is 25.4. The van der Waals surface area contributed by atoms with Gasteiger partial charge in [-0.1, -0.05) is 41.9 Å². The Hall–Kier alpha value is -4.07. The van der Waals surface area contributed by atoms with Crippen molar-refractivity contribution in [3.8, 4) is 28.0 Å². The van der Waals surface area contributed by atoms with E-state index in [1.807, 2.05) is 0 Å². The van der Waals surface area contributed by atoms with Crippen LogP contribution in [0.1, 0.15) is 12.0 Å². The van der Waals surface area contributed by atoms with Gasteiger partial charge in [0.15, 0.2) is 12.5 Å². The van der Waals surface area contributed by atoms with Crippen LogP contribution in [0, 0.1) is 11.6 Å². The number of rotatable bonds is 8. The lowest BCUT2D eigenvalue weighted by Crippen LogP contribution is -2.46. The quantitative estimate of drug-likeness (QED) is 0.246. The van der Waals surface area contributed by atoms with E-state index in [9.17, 15) is 14.7 Å². The molecule has 2 fully saturated rings. The zero-order chi connectivity index (χ0) is 32.7. The van der Waals surface area contributed by atoms with E-state index >= 15 is 8.78 Å². The van der Waals surface area contributed by atoms with Gasteiger partial charge in [0.1, 0.15) is 23.0 Å². The van der Waals surface area contributed by atoms with Gasteiger partial charge in [0, 0.05) is 61.7 Å². The van der Waals surface area contributed by atoms with Gasteiger partial charge in [-0.05, 0) is 30.2 Å². The summed E-state index contributed by atoms with van der Waals surface area (Å²) in [5.74, 6) is -2.22. The molecule has 3 aromatic rings. The summed E-state index contributed by atoms with van der Waals surface area (Å²) in [4.78, 5) is 29.1.